The van der Waals surface area contributed by atoms with Gasteiger partial charge in [-0.25, -0.2) is 0 Å². The van der Waals surface area contributed by atoms with Crippen molar-refractivity contribution in [2.45, 2.75) is 90.0 Å². The van der Waals surface area contributed by atoms with Crippen LogP contribution in [0, 0.1) is 17.8 Å². The highest BCUT2D eigenvalue weighted by molar-refractivity contribution is 5.98. The summed E-state index contributed by atoms with van der Waals surface area (Å²) >= 11 is 0. The SMILES string of the molecule is CC(C)C(=O)[C@H](NC(=O)c1cccc(C2CCCN(C(=O)C3CCC3)C2)c1)C1CCCCC1. The largest absolute Gasteiger partial charge is 0.342 e. The van der Waals surface area contributed by atoms with Gasteiger partial charge in [0, 0.05) is 36.4 Å². The maximum absolute atomic E-state index is 13.2. The second-order valence-corrected chi connectivity index (χ2v) is 10.8. The monoisotopic (exact) mass is 452 g/mol. The van der Waals surface area contributed by atoms with Crippen LogP contribution in [0.3, 0.4) is 0 Å². The second kappa shape index (κ2) is 10.8. The lowest BCUT2D eigenvalue weighted by molar-refractivity contribution is -0.139. The average molecular weight is 453 g/mol. The number of piperidine rings is 1. The number of rotatable bonds is 7. The van der Waals surface area contributed by atoms with Crippen LogP contribution < -0.4 is 5.32 Å². The number of hydrogen-bond acceptors (Lipinski definition) is 3. The molecule has 2 amide bonds. The van der Waals surface area contributed by atoms with Gasteiger partial charge in [0.15, 0.2) is 5.78 Å². The summed E-state index contributed by atoms with van der Waals surface area (Å²) in [7, 11) is 0. The molecule has 5 heteroatoms. The van der Waals surface area contributed by atoms with E-state index >= 15 is 0 Å². The number of benzene rings is 1. The lowest BCUT2D eigenvalue weighted by atomic mass is 9.80. The summed E-state index contributed by atoms with van der Waals surface area (Å²) in [6.07, 6.45) is 10.8. The third-order valence-electron chi connectivity index (χ3n) is 8.09. The molecule has 1 N–H and O–H groups in total. The lowest BCUT2D eigenvalue weighted by Crippen LogP contribution is -2.48. The number of nitrogens with zero attached hydrogens (tertiary/aromatic N) is 1. The van der Waals surface area contributed by atoms with Gasteiger partial charge >= 0.3 is 0 Å². The Hall–Kier alpha value is -2.17. The van der Waals surface area contributed by atoms with E-state index in [2.05, 4.69) is 11.4 Å². The van der Waals surface area contributed by atoms with Crippen LogP contribution in [-0.2, 0) is 9.59 Å². The van der Waals surface area contributed by atoms with E-state index in [0.717, 1.165) is 70.0 Å². The zero-order chi connectivity index (χ0) is 23.4. The van der Waals surface area contributed by atoms with Crippen molar-refractivity contribution >= 4 is 17.6 Å². The summed E-state index contributed by atoms with van der Waals surface area (Å²) in [6, 6.07) is 7.45. The standard InChI is InChI=1S/C28H40N2O3/c1-19(2)26(31)25(20-9-4-3-5-10-20)29-27(32)23-14-7-13-22(17-23)24-15-8-16-30(18-24)28(33)21-11-6-12-21/h7,13-14,17,19-21,24-25H,3-6,8-12,15-16,18H2,1-2H3,(H,29,32)/t24?,25-/m1/s1. The van der Waals surface area contributed by atoms with Crippen molar-refractivity contribution in [1.29, 1.82) is 0 Å². The molecule has 1 saturated heterocycles. The van der Waals surface area contributed by atoms with Crippen molar-refractivity contribution in [3.8, 4) is 0 Å². The van der Waals surface area contributed by atoms with E-state index in [9.17, 15) is 14.4 Å². The highest BCUT2D eigenvalue weighted by atomic mass is 16.2. The first-order valence-electron chi connectivity index (χ1n) is 13.2. The van der Waals surface area contributed by atoms with E-state index in [1.54, 1.807) is 0 Å². The number of hydrogen-bond donors (Lipinski definition) is 1. The van der Waals surface area contributed by atoms with Crippen LogP contribution in [0.1, 0.15) is 99.9 Å². The van der Waals surface area contributed by atoms with Crippen LogP contribution in [-0.4, -0.2) is 41.6 Å². The first kappa shape index (κ1) is 24.0. The molecule has 3 aliphatic rings. The van der Waals surface area contributed by atoms with Crippen LogP contribution in [0.5, 0.6) is 0 Å². The summed E-state index contributed by atoms with van der Waals surface area (Å²) in [5, 5.41) is 3.12. The van der Waals surface area contributed by atoms with Crippen LogP contribution in [0.25, 0.3) is 0 Å². The lowest BCUT2D eigenvalue weighted by Gasteiger charge is -2.37. The molecule has 2 saturated carbocycles. The summed E-state index contributed by atoms with van der Waals surface area (Å²) in [5.74, 6) is 0.957. The number of nitrogens with one attached hydrogen (secondary N) is 1. The van der Waals surface area contributed by atoms with Crippen LogP contribution in [0.4, 0.5) is 0 Å². The van der Waals surface area contributed by atoms with E-state index in [4.69, 9.17) is 0 Å². The van der Waals surface area contributed by atoms with E-state index in [-0.39, 0.29) is 35.4 Å². The molecule has 1 aromatic carbocycles. The molecule has 33 heavy (non-hydrogen) atoms. The molecule has 2 aliphatic carbocycles. The smallest absolute Gasteiger partial charge is 0.251 e. The first-order valence-corrected chi connectivity index (χ1v) is 13.2. The number of carbonyl (C=O) groups is 3. The molecule has 3 fully saturated rings. The fourth-order valence-corrected chi connectivity index (χ4v) is 5.77. The molecule has 1 aliphatic heterocycles. The van der Waals surface area contributed by atoms with Crippen molar-refractivity contribution in [2.75, 3.05) is 13.1 Å². The Kier molecular flexibility index (Phi) is 7.87. The zero-order valence-corrected chi connectivity index (χ0v) is 20.4. The van der Waals surface area contributed by atoms with E-state index in [0.29, 0.717) is 11.5 Å². The number of ketones is 1. The first-order chi connectivity index (χ1) is 15.9. The Morgan fingerprint density at radius 3 is 2.36 bits per heavy atom. The quantitative estimate of drug-likeness (QED) is 0.626. The van der Waals surface area contributed by atoms with Gasteiger partial charge in [-0.1, -0.05) is 51.7 Å². The van der Waals surface area contributed by atoms with Crippen LogP contribution in [0.2, 0.25) is 0 Å². The van der Waals surface area contributed by atoms with Crippen LogP contribution in [0.15, 0.2) is 24.3 Å². The van der Waals surface area contributed by atoms with E-state index in [1.807, 2.05) is 36.9 Å². The maximum atomic E-state index is 13.2. The van der Waals surface area contributed by atoms with Gasteiger partial charge in [-0.15, -0.1) is 0 Å². The van der Waals surface area contributed by atoms with Crippen LogP contribution >= 0.6 is 0 Å². The van der Waals surface area contributed by atoms with Gasteiger partial charge in [-0.2, -0.15) is 0 Å². The highest BCUT2D eigenvalue weighted by Crippen LogP contribution is 2.33. The minimum Gasteiger partial charge on any atom is -0.342 e. The third-order valence-corrected chi connectivity index (χ3v) is 8.09. The molecule has 1 unspecified atom stereocenters. The van der Waals surface area contributed by atoms with Gasteiger partial charge in [0.25, 0.3) is 5.91 Å². The average Bonchev–Trinajstić information content (AvgIpc) is 2.81. The van der Waals surface area contributed by atoms with Gasteiger partial charge in [-0.3, -0.25) is 14.4 Å². The number of carbonyl (C=O) groups excluding carboxylic acids is 3. The Labute approximate surface area is 198 Å². The Balaban J connectivity index is 1.45. The molecular weight excluding hydrogens is 412 g/mol. The molecule has 4 rings (SSSR count). The molecule has 1 aromatic rings. The third kappa shape index (κ3) is 5.67. The molecule has 0 radical (unpaired) electrons. The van der Waals surface area contributed by atoms with E-state index < -0.39 is 6.04 Å². The predicted molar refractivity (Wildman–Crippen MR) is 130 cm³/mol. The molecular formula is C28H40N2O3. The molecule has 0 bridgehead atoms. The fourth-order valence-electron chi connectivity index (χ4n) is 5.77. The Bertz CT molecular complexity index is 854. The van der Waals surface area contributed by atoms with Gasteiger partial charge in [-0.05, 0) is 62.1 Å². The van der Waals surface area contributed by atoms with Gasteiger partial charge < -0.3 is 10.2 Å². The second-order valence-electron chi connectivity index (χ2n) is 10.8. The normalized spacial score (nSPS) is 23.1. The minimum absolute atomic E-state index is 0.0926. The highest BCUT2D eigenvalue weighted by Gasteiger charge is 2.34. The topological polar surface area (TPSA) is 66.5 Å². The van der Waals surface area contributed by atoms with Gasteiger partial charge in [0.1, 0.15) is 0 Å². The minimum atomic E-state index is -0.397. The number of amides is 2. The fraction of sp³-hybridized carbons (Fsp3) is 0.679. The van der Waals surface area contributed by atoms with Crippen molar-refractivity contribution in [2.24, 2.45) is 17.8 Å². The van der Waals surface area contributed by atoms with Gasteiger partial charge in [0.05, 0.1) is 6.04 Å². The number of likely N-dealkylation sites (tertiary alicyclic amines) is 1. The van der Waals surface area contributed by atoms with E-state index in [1.165, 1.54) is 12.8 Å². The maximum Gasteiger partial charge on any atom is 0.251 e. The molecule has 1 heterocycles. The molecule has 180 valence electrons. The molecule has 2 atom stereocenters. The van der Waals surface area contributed by atoms with Crippen molar-refractivity contribution in [3.63, 3.8) is 0 Å². The summed E-state index contributed by atoms with van der Waals surface area (Å²) in [6.45, 7) is 5.44. The molecule has 0 aromatic heterocycles. The van der Waals surface area contributed by atoms with Crippen molar-refractivity contribution in [3.05, 3.63) is 35.4 Å². The molecule has 5 nitrogen and oxygen atoms in total. The summed E-state index contributed by atoms with van der Waals surface area (Å²) in [5.41, 5.74) is 1.74. The Morgan fingerprint density at radius 2 is 1.70 bits per heavy atom. The molecule has 0 spiro atoms. The summed E-state index contributed by atoms with van der Waals surface area (Å²) < 4.78 is 0. The zero-order valence-electron chi connectivity index (χ0n) is 20.4. The summed E-state index contributed by atoms with van der Waals surface area (Å²) in [4.78, 5) is 41.0. The van der Waals surface area contributed by atoms with Gasteiger partial charge in [0.2, 0.25) is 5.91 Å². The van der Waals surface area contributed by atoms with Crippen molar-refractivity contribution in [1.82, 2.24) is 10.2 Å². The predicted octanol–water partition coefficient (Wildman–Crippen LogP) is 5.10. The number of Topliss-reactive ketones (excluding diaryl/α,β-unsaturated/α-hetero) is 1. The Morgan fingerprint density at radius 1 is 0.939 bits per heavy atom. The van der Waals surface area contributed by atoms with Crippen molar-refractivity contribution < 1.29 is 14.4 Å².